The highest BCUT2D eigenvalue weighted by Crippen LogP contribution is 2.30. The van der Waals surface area contributed by atoms with E-state index >= 15 is 0 Å². The molecular weight excluding hydrogens is 186 g/mol. The Labute approximate surface area is 73.7 Å². The molecule has 0 aromatic carbocycles. The van der Waals surface area contributed by atoms with E-state index < -0.39 is 14.6 Å². The summed E-state index contributed by atoms with van der Waals surface area (Å²) in [7, 11) is -2.90. The molecule has 0 radical (unpaired) electrons. The Kier molecular flexibility index (Phi) is 2.97. The zero-order chi connectivity index (χ0) is 7.99. The molecule has 1 aliphatic rings. The first-order chi connectivity index (χ1) is 4.35. The summed E-state index contributed by atoms with van der Waals surface area (Å²) in [6.07, 6.45) is 0.593. The minimum atomic E-state index is -2.90. The van der Waals surface area contributed by atoms with E-state index in [1.54, 1.807) is 13.8 Å². The van der Waals surface area contributed by atoms with Crippen molar-refractivity contribution in [1.29, 1.82) is 0 Å². The fraction of sp³-hybridized carbons (Fsp3) is 1.00. The quantitative estimate of drug-likeness (QED) is 0.612. The zero-order valence-corrected chi connectivity index (χ0v) is 8.33. The van der Waals surface area contributed by atoms with Gasteiger partial charge in [0.25, 0.3) is 0 Å². The Hall–Kier alpha value is 0.200. The van der Waals surface area contributed by atoms with Crippen LogP contribution >= 0.6 is 12.4 Å². The van der Waals surface area contributed by atoms with Crippen molar-refractivity contribution < 1.29 is 8.42 Å². The van der Waals surface area contributed by atoms with Crippen molar-refractivity contribution in [1.82, 2.24) is 0 Å². The maximum Gasteiger partial charge on any atom is 0.157 e. The third-order valence-electron chi connectivity index (χ3n) is 2.03. The molecule has 0 saturated carbocycles. The molecule has 3 nitrogen and oxygen atoms in total. The van der Waals surface area contributed by atoms with Gasteiger partial charge in [0.05, 0.1) is 10.5 Å². The van der Waals surface area contributed by atoms with Gasteiger partial charge in [0.1, 0.15) is 0 Å². The minimum Gasteiger partial charge on any atom is -0.327 e. The molecule has 0 spiro atoms. The van der Waals surface area contributed by atoms with Crippen molar-refractivity contribution >= 4 is 22.2 Å². The molecule has 0 aromatic rings. The minimum absolute atomic E-state index is 0. The lowest BCUT2D eigenvalue weighted by Gasteiger charge is -2.14. The standard InChI is InChI=1S/C6H13NO2S.ClH/c1-6(2)3-5(7)4-10(6,8)9;/h5H,3-4,7H2,1-2H3;1H. The summed E-state index contributed by atoms with van der Waals surface area (Å²) in [5, 5.41) is 0. The van der Waals surface area contributed by atoms with E-state index in [1.165, 1.54) is 0 Å². The van der Waals surface area contributed by atoms with Gasteiger partial charge in [0, 0.05) is 6.04 Å². The fourth-order valence-electron chi connectivity index (χ4n) is 1.32. The molecule has 1 fully saturated rings. The third kappa shape index (κ3) is 1.86. The van der Waals surface area contributed by atoms with Crippen molar-refractivity contribution in [2.45, 2.75) is 31.1 Å². The predicted molar refractivity (Wildman–Crippen MR) is 47.7 cm³/mol. The lowest BCUT2D eigenvalue weighted by Crippen LogP contribution is -2.26. The van der Waals surface area contributed by atoms with Gasteiger partial charge in [-0.2, -0.15) is 0 Å². The van der Waals surface area contributed by atoms with Crippen molar-refractivity contribution in [2.75, 3.05) is 5.75 Å². The summed E-state index contributed by atoms with van der Waals surface area (Å²) in [5.74, 6) is 0.153. The van der Waals surface area contributed by atoms with Gasteiger partial charge in [-0.25, -0.2) is 8.42 Å². The second-order valence-corrected chi connectivity index (χ2v) is 6.17. The molecule has 11 heavy (non-hydrogen) atoms. The lowest BCUT2D eigenvalue weighted by molar-refractivity contribution is 0.548. The van der Waals surface area contributed by atoms with Gasteiger partial charge < -0.3 is 5.73 Å². The molecule has 1 heterocycles. The molecule has 0 amide bonds. The van der Waals surface area contributed by atoms with Gasteiger partial charge >= 0.3 is 0 Å². The molecule has 0 aromatic heterocycles. The Balaban J connectivity index is 0.000001000. The molecular formula is C6H14ClNO2S. The van der Waals surface area contributed by atoms with E-state index in [1.807, 2.05) is 0 Å². The van der Waals surface area contributed by atoms with E-state index in [9.17, 15) is 8.42 Å². The highest BCUT2D eigenvalue weighted by atomic mass is 35.5. The average molecular weight is 200 g/mol. The summed E-state index contributed by atoms with van der Waals surface area (Å²) in [6, 6.07) is -0.153. The molecule has 1 unspecified atom stereocenters. The van der Waals surface area contributed by atoms with Crippen LogP contribution in [0.1, 0.15) is 20.3 Å². The largest absolute Gasteiger partial charge is 0.327 e. The van der Waals surface area contributed by atoms with Crippen LogP contribution in [0.4, 0.5) is 0 Å². The summed E-state index contributed by atoms with van der Waals surface area (Å²) < 4.78 is 21.8. The van der Waals surface area contributed by atoms with Gasteiger partial charge in [-0.15, -0.1) is 12.4 Å². The van der Waals surface area contributed by atoms with Crippen LogP contribution in [-0.4, -0.2) is 25.0 Å². The van der Waals surface area contributed by atoms with Crippen LogP contribution in [0.3, 0.4) is 0 Å². The topological polar surface area (TPSA) is 60.2 Å². The van der Waals surface area contributed by atoms with Crippen LogP contribution < -0.4 is 5.73 Å². The van der Waals surface area contributed by atoms with Crippen molar-refractivity contribution in [3.8, 4) is 0 Å². The molecule has 1 atom stereocenters. The number of rotatable bonds is 0. The molecule has 1 rings (SSSR count). The van der Waals surface area contributed by atoms with Crippen LogP contribution in [0, 0.1) is 0 Å². The summed E-state index contributed by atoms with van der Waals surface area (Å²) in [4.78, 5) is 0. The van der Waals surface area contributed by atoms with Crippen molar-refractivity contribution in [3.63, 3.8) is 0 Å². The first kappa shape index (κ1) is 11.2. The van der Waals surface area contributed by atoms with Gasteiger partial charge in [0.15, 0.2) is 9.84 Å². The van der Waals surface area contributed by atoms with E-state index in [0.29, 0.717) is 6.42 Å². The maximum atomic E-state index is 11.2. The van der Waals surface area contributed by atoms with Crippen LogP contribution in [-0.2, 0) is 9.84 Å². The van der Waals surface area contributed by atoms with Crippen LogP contribution in [0.15, 0.2) is 0 Å². The monoisotopic (exact) mass is 199 g/mol. The Morgan fingerprint density at radius 1 is 1.45 bits per heavy atom. The highest BCUT2D eigenvalue weighted by molar-refractivity contribution is 7.93. The van der Waals surface area contributed by atoms with Gasteiger partial charge in [0.2, 0.25) is 0 Å². The predicted octanol–water partition coefficient (Wildman–Crippen LogP) is 0.333. The smallest absolute Gasteiger partial charge is 0.157 e. The van der Waals surface area contributed by atoms with Gasteiger partial charge in [-0.3, -0.25) is 0 Å². The van der Waals surface area contributed by atoms with E-state index in [-0.39, 0.29) is 24.2 Å². The average Bonchev–Trinajstić information content (AvgIpc) is 1.73. The van der Waals surface area contributed by atoms with E-state index in [0.717, 1.165) is 0 Å². The zero-order valence-electron chi connectivity index (χ0n) is 6.70. The lowest BCUT2D eigenvalue weighted by atomic mass is 10.1. The first-order valence-corrected chi connectivity index (χ1v) is 4.98. The van der Waals surface area contributed by atoms with Crippen LogP contribution in [0.5, 0.6) is 0 Å². The highest BCUT2D eigenvalue weighted by Gasteiger charge is 2.43. The van der Waals surface area contributed by atoms with Gasteiger partial charge in [-0.05, 0) is 20.3 Å². The molecule has 0 bridgehead atoms. The van der Waals surface area contributed by atoms with E-state index in [2.05, 4.69) is 0 Å². The van der Waals surface area contributed by atoms with Crippen LogP contribution in [0.2, 0.25) is 0 Å². The SMILES string of the molecule is CC1(C)CC(N)CS1(=O)=O.Cl. The maximum absolute atomic E-state index is 11.2. The summed E-state index contributed by atoms with van der Waals surface area (Å²) >= 11 is 0. The molecule has 0 aliphatic carbocycles. The normalized spacial score (nSPS) is 32.8. The summed E-state index contributed by atoms with van der Waals surface area (Å²) in [6.45, 7) is 3.46. The third-order valence-corrected chi connectivity index (χ3v) is 4.75. The van der Waals surface area contributed by atoms with Crippen molar-refractivity contribution in [2.24, 2.45) is 5.73 Å². The molecule has 68 valence electrons. The van der Waals surface area contributed by atoms with Crippen LogP contribution in [0.25, 0.3) is 0 Å². The summed E-state index contributed by atoms with van der Waals surface area (Å²) in [5.41, 5.74) is 5.51. The second kappa shape index (κ2) is 2.92. The number of hydrogen-bond donors (Lipinski definition) is 1. The number of hydrogen-bond acceptors (Lipinski definition) is 3. The number of sulfone groups is 1. The first-order valence-electron chi connectivity index (χ1n) is 3.33. The Bertz CT molecular complexity index is 235. The molecule has 1 aliphatic heterocycles. The molecule has 5 heteroatoms. The molecule has 2 N–H and O–H groups in total. The number of halogens is 1. The van der Waals surface area contributed by atoms with Gasteiger partial charge in [-0.1, -0.05) is 0 Å². The Morgan fingerprint density at radius 3 is 2.00 bits per heavy atom. The molecule has 1 saturated heterocycles. The van der Waals surface area contributed by atoms with E-state index in [4.69, 9.17) is 5.73 Å². The van der Waals surface area contributed by atoms with Crippen molar-refractivity contribution in [3.05, 3.63) is 0 Å². The Morgan fingerprint density at radius 2 is 1.91 bits per heavy atom. The second-order valence-electron chi connectivity index (χ2n) is 3.51. The fourth-order valence-corrected chi connectivity index (χ4v) is 2.93. The number of nitrogens with two attached hydrogens (primary N) is 1.